The molecule has 0 amide bonds. The number of fused-ring (bicyclic) bond motifs is 6. The second-order valence-electron chi connectivity index (χ2n) is 39.3. The average Bonchev–Trinajstić information content (AvgIpc) is 1.60. The van der Waals surface area contributed by atoms with E-state index in [1.54, 1.807) is 17.4 Å². The fourth-order valence-electron chi connectivity index (χ4n) is 21.4. The lowest BCUT2D eigenvalue weighted by atomic mass is 9.85. The van der Waals surface area contributed by atoms with Crippen LogP contribution in [0, 0.1) is 66.1 Å². The summed E-state index contributed by atoms with van der Waals surface area (Å²) in [7, 11) is 0. The van der Waals surface area contributed by atoms with Gasteiger partial charge < -0.3 is 79.5 Å². The minimum Gasteiger partial charge on any atom is -0.495 e. The Morgan fingerprint density at radius 1 is 0.394 bits per heavy atom. The molecule has 25 atom stereocenters. The molecule has 10 N–H and O–H groups in total. The van der Waals surface area contributed by atoms with Crippen LogP contribution in [-0.4, -0.2) is 155 Å². The van der Waals surface area contributed by atoms with Crippen molar-refractivity contribution in [2.75, 3.05) is 6.61 Å². The van der Waals surface area contributed by atoms with Crippen LogP contribution < -0.4 is 4.74 Å². The standard InChI is InChI=1S/C24H28O3S.C24H34O3.C24H32O3.C23H30O5.C22H30O4.CH4/c1-16-8-4-2-3-5-10-19-18(21(26)15-22(19)27-16)12-13-20(25)24-14-17-9-6-7-11-23(17)28-24;2*1-18-9-5-2-3-8-12-22-21(23(26)17-24(22)27-18)16-15-20(25)14-13-19-10-6-4-7-11-19;1-16-7-6-8-18(13-16)27-15-17(24)11-12-19-20-9-4-2-3-5-10-23(26)28-22(20)14-21(19)25;23-17(12-11-16-7-3-1-4-8-16)13-14-18-19-9-5-2-6-10-22(25)26-21(19)15-20(18)24;/h3,5-7,9,11-14,18-22,25-26H,1-2,4,8,10,15H2;3-4,6-8,10-11,20-26H,1-2,5,9,12-17H2;3-4,6-8,10-11,15-16,20-26H,1-2,5,9,12-14,17H2;2,4,6-8,11-13,17,19-22,24-25H,3,5,9-10,14-15H2,1H3;1-5,7-8,17-21,23-24H,6,9-15H2;1H4/b5-3-,13-12+;8-3-;8-3-,16-15+;4-2-,12-11+;5-2-;/t18-,19-,20-,21-,22+;2*20-,21+,22+,23+,24-;17-,19-,20-,21-,22+;17-,18+,19+,20+,21-;/m10010./s1. The number of aliphatic hydroxyl groups excluding tert-OH is 10. The molecule has 5 aliphatic carbocycles. The van der Waals surface area contributed by atoms with E-state index in [0.29, 0.717) is 63.7 Å². The van der Waals surface area contributed by atoms with Crippen LogP contribution in [0.3, 0.4) is 0 Å². The van der Waals surface area contributed by atoms with Crippen molar-refractivity contribution < 1.29 is 89.1 Å². The van der Waals surface area contributed by atoms with Crippen molar-refractivity contribution in [1.29, 1.82) is 0 Å². The molecular formula is C118H158O18S. The van der Waals surface area contributed by atoms with Gasteiger partial charge in [-0.05, 0) is 225 Å². The first-order valence-corrected chi connectivity index (χ1v) is 51.7. The van der Waals surface area contributed by atoms with E-state index < -0.39 is 42.7 Å². The van der Waals surface area contributed by atoms with Crippen LogP contribution in [0.1, 0.15) is 240 Å². The van der Waals surface area contributed by atoms with Crippen LogP contribution in [0.25, 0.3) is 10.1 Å². The molecule has 0 unspecified atom stereocenters. The summed E-state index contributed by atoms with van der Waals surface area (Å²) < 4.78 is 36.3. The van der Waals surface area contributed by atoms with E-state index >= 15 is 0 Å². The summed E-state index contributed by atoms with van der Waals surface area (Å²) in [5.74, 6) is 3.92. The Kier molecular flexibility index (Phi) is 45.6. The number of carbonyl (C=O) groups is 2. The van der Waals surface area contributed by atoms with Gasteiger partial charge >= 0.3 is 11.9 Å². The van der Waals surface area contributed by atoms with Crippen LogP contribution >= 0.6 is 11.3 Å². The van der Waals surface area contributed by atoms with Gasteiger partial charge in [-0.1, -0.05) is 246 Å². The van der Waals surface area contributed by atoms with Gasteiger partial charge in [-0.25, -0.2) is 0 Å². The molecule has 0 saturated heterocycles. The summed E-state index contributed by atoms with van der Waals surface area (Å²) in [6.07, 6.45) is 54.9. The van der Waals surface area contributed by atoms with E-state index in [0.717, 1.165) is 199 Å². The molecule has 16 rings (SSSR count). The highest BCUT2D eigenvalue weighted by Crippen LogP contribution is 2.47. The number of carbonyl (C=O) groups excluding carboxylic acids is 2. The third-order valence-corrected chi connectivity index (χ3v) is 30.2. The SMILES string of the molecule is C.C=C1CCC/C=C\C[C@@H]2[C@@H](/C=C/[C@@H](O)CCc3ccccc3)[C@H](O)C[C@@H]2O1.C=C1CCC/C=C\C[C@@H]2[C@@H](/C=C/[C@@H](O)c3cc4ccccc4s3)[C@H](O)C[C@@H]2O1.C=C1CCC/C=C\C[C@@H]2[C@@H](CC[C@@H](O)CCc3ccccc3)[C@H](O)C[C@@H]2O1.Cc1cccc(OC[C@H](O)/C=C/[C@@H]2[C@H]3C/C=C\CCCC(=O)O[C@H]3C[C@H]2O)c1.O=C1CC/C=C\C[C@@H]2[C@@H](CC[C@@H](O)CCc3ccccc3)[C@H](O)C[C@@H]2O1. The molecule has 5 saturated carbocycles. The lowest BCUT2D eigenvalue weighted by Gasteiger charge is -2.27. The van der Waals surface area contributed by atoms with Gasteiger partial charge in [-0.2, -0.15) is 0 Å². The van der Waals surface area contributed by atoms with Crippen LogP contribution in [0.5, 0.6) is 5.75 Å². The van der Waals surface area contributed by atoms with Crippen molar-refractivity contribution >= 4 is 33.4 Å². The Morgan fingerprint density at radius 3 is 1.23 bits per heavy atom. The molecule has 19 heteroatoms. The minimum absolute atomic E-state index is 0. The zero-order valence-electron chi connectivity index (χ0n) is 80.0. The number of esters is 2. The highest BCUT2D eigenvalue weighted by molar-refractivity contribution is 7.19. The smallest absolute Gasteiger partial charge is 0.306 e. The monoisotopic (exact) mass is 1900 g/mol. The Labute approximate surface area is 820 Å². The Morgan fingerprint density at radius 2 is 0.774 bits per heavy atom. The fraction of sp³-hybridized carbons (Fsp3) is 0.525. The summed E-state index contributed by atoms with van der Waals surface area (Å²) in [6.45, 7) is 14.3. The first-order valence-electron chi connectivity index (χ1n) is 50.9. The highest BCUT2D eigenvalue weighted by Gasteiger charge is 2.48. The van der Waals surface area contributed by atoms with Gasteiger partial charge in [0.05, 0.1) is 66.1 Å². The Balaban J connectivity index is 0.000000164. The third-order valence-electron chi connectivity index (χ3n) is 29.0. The number of hydrogen-bond donors (Lipinski definition) is 10. The first-order chi connectivity index (χ1) is 66.0. The second kappa shape index (κ2) is 57.6. The van der Waals surface area contributed by atoms with E-state index in [9.17, 15) is 60.7 Å². The zero-order valence-corrected chi connectivity index (χ0v) is 80.9. The summed E-state index contributed by atoms with van der Waals surface area (Å²) in [5, 5.41) is 106. The highest BCUT2D eigenvalue weighted by atomic mass is 32.1. The molecule has 0 radical (unpaired) electrons. The molecule has 1 aromatic heterocycles. The number of allylic oxidation sites excluding steroid dienone is 13. The van der Waals surface area contributed by atoms with Gasteiger partial charge in [0, 0.05) is 121 Å². The van der Waals surface area contributed by atoms with Crippen LogP contribution in [0.15, 0.2) is 280 Å². The summed E-state index contributed by atoms with van der Waals surface area (Å²) in [4.78, 5) is 24.7. The molecule has 0 spiro atoms. The van der Waals surface area contributed by atoms with Crippen molar-refractivity contribution in [3.8, 4) is 5.75 Å². The van der Waals surface area contributed by atoms with E-state index in [1.807, 2.05) is 140 Å². The van der Waals surface area contributed by atoms with Crippen molar-refractivity contribution in [2.24, 2.45) is 59.2 Å². The minimum atomic E-state index is -0.774. The number of rotatable bonds is 25. The van der Waals surface area contributed by atoms with Crippen LogP contribution in [0.2, 0.25) is 0 Å². The number of hydrogen-bond acceptors (Lipinski definition) is 19. The largest absolute Gasteiger partial charge is 0.495 e. The van der Waals surface area contributed by atoms with E-state index in [1.165, 1.54) is 21.4 Å². The van der Waals surface area contributed by atoms with Crippen LogP contribution in [-0.2, 0) is 52.5 Å². The molecule has 744 valence electrons. The van der Waals surface area contributed by atoms with Gasteiger partial charge in [-0.15, -0.1) is 11.3 Å². The molecule has 18 nitrogen and oxygen atoms in total. The van der Waals surface area contributed by atoms with E-state index in [-0.39, 0.29) is 128 Å². The van der Waals surface area contributed by atoms with Crippen molar-refractivity contribution in [2.45, 2.75) is 324 Å². The second-order valence-corrected chi connectivity index (χ2v) is 40.4. The predicted molar refractivity (Wildman–Crippen MR) is 548 cm³/mol. The molecule has 6 heterocycles. The number of ether oxygens (including phenoxy) is 6. The Hall–Kier alpha value is -9.06. The van der Waals surface area contributed by atoms with Crippen molar-refractivity contribution in [3.05, 3.63) is 307 Å². The summed E-state index contributed by atoms with van der Waals surface area (Å²) in [6, 6.07) is 48.6. The molecule has 5 aromatic carbocycles. The fourth-order valence-corrected chi connectivity index (χ4v) is 22.5. The van der Waals surface area contributed by atoms with Gasteiger partial charge in [0.15, 0.2) is 0 Å². The molecule has 5 aliphatic heterocycles. The first kappa shape index (κ1) is 108. The molecule has 137 heavy (non-hydrogen) atoms. The number of aryl methyl sites for hydroxylation is 4. The van der Waals surface area contributed by atoms with Gasteiger partial charge in [-0.3, -0.25) is 9.59 Å². The summed E-state index contributed by atoms with van der Waals surface area (Å²) >= 11 is 1.61. The lowest BCUT2D eigenvalue weighted by molar-refractivity contribution is -0.152. The van der Waals surface area contributed by atoms with E-state index in [2.05, 4.69) is 123 Å². The number of thiophene rings is 1. The normalized spacial score (nSPS) is 30.7. The number of benzene rings is 5. The maximum Gasteiger partial charge on any atom is 0.306 e. The maximum absolute atomic E-state index is 12.0. The third kappa shape index (κ3) is 35.3. The predicted octanol–water partition coefficient (Wildman–Crippen LogP) is 22.2. The lowest BCUT2D eigenvalue weighted by Crippen LogP contribution is -2.26. The van der Waals surface area contributed by atoms with Crippen molar-refractivity contribution in [1.82, 2.24) is 0 Å². The Bertz CT molecular complexity index is 4800. The maximum atomic E-state index is 12.0. The average molecular weight is 1900 g/mol. The number of aliphatic hydroxyl groups is 10. The summed E-state index contributed by atoms with van der Waals surface area (Å²) in [5.41, 5.74) is 4.83. The molecule has 10 aliphatic rings. The molecule has 6 aromatic rings. The molecule has 0 bridgehead atoms. The molecular weight excluding hydrogens is 1740 g/mol. The molecule has 5 fully saturated rings. The van der Waals surface area contributed by atoms with Gasteiger partial charge in [0.2, 0.25) is 0 Å². The quantitative estimate of drug-likeness (QED) is 0.0188. The van der Waals surface area contributed by atoms with E-state index in [4.69, 9.17) is 28.4 Å². The van der Waals surface area contributed by atoms with Crippen molar-refractivity contribution in [3.63, 3.8) is 0 Å². The topological polar surface area (TPSA) is 292 Å². The van der Waals surface area contributed by atoms with Gasteiger partial charge in [0.25, 0.3) is 0 Å². The van der Waals surface area contributed by atoms with Gasteiger partial charge in [0.1, 0.15) is 55.1 Å². The zero-order chi connectivity index (χ0) is 95.9. The van der Waals surface area contributed by atoms with Crippen LogP contribution in [0.4, 0.5) is 0 Å².